The van der Waals surface area contributed by atoms with E-state index in [4.69, 9.17) is 11.6 Å². The Bertz CT molecular complexity index is 448. The second kappa shape index (κ2) is 5.59. The van der Waals surface area contributed by atoms with Crippen LogP contribution in [0, 0.1) is 0 Å². The zero-order valence-electron chi connectivity index (χ0n) is 10.7. The van der Waals surface area contributed by atoms with Crippen molar-refractivity contribution in [1.82, 2.24) is 5.06 Å². The molecule has 1 heterocycles. The van der Waals surface area contributed by atoms with Gasteiger partial charge in [0.2, 0.25) is 5.96 Å². The van der Waals surface area contributed by atoms with Crippen molar-refractivity contribution in [3.63, 3.8) is 0 Å². The number of nitrogens with one attached hydrogen (secondary N) is 1. The number of hydrogen-bond donors (Lipinski definition) is 2. The van der Waals surface area contributed by atoms with E-state index >= 15 is 0 Å². The van der Waals surface area contributed by atoms with Crippen molar-refractivity contribution in [2.24, 2.45) is 4.99 Å². The van der Waals surface area contributed by atoms with E-state index in [0.717, 1.165) is 39.7 Å². The van der Waals surface area contributed by atoms with Crippen molar-refractivity contribution in [1.29, 1.82) is 0 Å². The highest BCUT2D eigenvalue weighted by Gasteiger charge is 2.17. The maximum atomic E-state index is 9.65. The van der Waals surface area contributed by atoms with E-state index in [2.05, 4.69) is 24.2 Å². The minimum atomic E-state index is 0.515. The Balaban J connectivity index is 2.36. The summed E-state index contributed by atoms with van der Waals surface area (Å²) < 4.78 is 0. The quantitative estimate of drug-likeness (QED) is 0.885. The Hall–Kier alpha value is -1.26. The van der Waals surface area contributed by atoms with Crippen LogP contribution >= 0.6 is 11.6 Å². The van der Waals surface area contributed by atoms with E-state index in [1.54, 1.807) is 0 Å². The van der Waals surface area contributed by atoms with E-state index in [9.17, 15) is 5.21 Å². The zero-order chi connectivity index (χ0) is 13.1. The molecule has 1 aromatic carbocycles. The first-order valence-corrected chi connectivity index (χ1v) is 6.62. The summed E-state index contributed by atoms with van der Waals surface area (Å²) in [6, 6.07) is 3.92. The molecule has 5 heteroatoms. The lowest BCUT2D eigenvalue weighted by atomic mass is 10.0. The molecule has 2 rings (SSSR count). The van der Waals surface area contributed by atoms with Gasteiger partial charge in [0.05, 0.1) is 13.1 Å². The molecule has 0 saturated carbocycles. The van der Waals surface area contributed by atoms with Crippen molar-refractivity contribution >= 4 is 23.2 Å². The van der Waals surface area contributed by atoms with Gasteiger partial charge in [0, 0.05) is 10.7 Å². The van der Waals surface area contributed by atoms with Crippen LogP contribution in [0.5, 0.6) is 0 Å². The van der Waals surface area contributed by atoms with E-state index in [0.29, 0.717) is 19.0 Å². The van der Waals surface area contributed by atoms with E-state index in [1.165, 1.54) is 0 Å². The molecular formula is C13H18ClN3O. The third kappa shape index (κ3) is 2.60. The van der Waals surface area contributed by atoms with Crippen LogP contribution in [0.4, 0.5) is 5.69 Å². The number of hydroxylamine groups is 2. The number of halogens is 1. The van der Waals surface area contributed by atoms with Crippen LogP contribution in [-0.4, -0.2) is 29.3 Å². The Morgan fingerprint density at radius 2 is 1.94 bits per heavy atom. The number of hydrogen-bond acceptors (Lipinski definition) is 4. The molecule has 0 radical (unpaired) electrons. The lowest BCUT2D eigenvalue weighted by Gasteiger charge is -2.19. The third-order valence-electron chi connectivity index (χ3n) is 3.08. The van der Waals surface area contributed by atoms with Crippen molar-refractivity contribution in [3.8, 4) is 0 Å². The summed E-state index contributed by atoms with van der Waals surface area (Å²) in [6.07, 6.45) is 1.77. The molecule has 1 aliphatic rings. The number of aliphatic imine (C=N–C) groups is 1. The average molecular weight is 268 g/mol. The van der Waals surface area contributed by atoms with Gasteiger partial charge in [-0.3, -0.25) is 5.21 Å². The molecule has 0 amide bonds. The molecule has 1 aliphatic heterocycles. The predicted molar refractivity (Wildman–Crippen MR) is 74.6 cm³/mol. The van der Waals surface area contributed by atoms with Gasteiger partial charge in [-0.15, -0.1) is 0 Å². The summed E-state index contributed by atoms with van der Waals surface area (Å²) >= 11 is 6.11. The van der Waals surface area contributed by atoms with Crippen LogP contribution in [-0.2, 0) is 12.8 Å². The number of nitrogens with zero attached hydrogens (tertiary/aromatic N) is 2. The van der Waals surface area contributed by atoms with Crippen molar-refractivity contribution in [3.05, 3.63) is 28.3 Å². The first-order valence-electron chi connectivity index (χ1n) is 6.24. The standard InChI is InChI=1S/C13H18ClN3O/c1-3-9-7-11(14)8-10(4-2)12(9)16-13-15-5-6-17(13)18/h7-8,18H,3-6H2,1-2H3,(H,15,16). The normalized spacial score (nSPS) is 14.9. The second-order valence-corrected chi connectivity index (χ2v) is 4.70. The van der Waals surface area contributed by atoms with Crippen molar-refractivity contribution in [2.45, 2.75) is 26.7 Å². The lowest BCUT2D eigenvalue weighted by molar-refractivity contribution is -0.00270. The summed E-state index contributed by atoms with van der Waals surface area (Å²) in [7, 11) is 0. The number of aryl methyl sites for hydroxylation is 2. The van der Waals surface area contributed by atoms with Gasteiger partial charge in [0.1, 0.15) is 0 Å². The molecule has 0 saturated heterocycles. The summed E-state index contributed by atoms with van der Waals surface area (Å²) in [5, 5.41) is 14.8. The van der Waals surface area contributed by atoms with Crippen LogP contribution in [0.2, 0.25) is 5.02 Å². The molecule has 0 unspecified atom stereocenters. The highest BCUT2D eigenvalue weighted by atomic mass is 35.5. The Labute approximate surface area is 112 Å². The predicted octanol–water partition coefficient (Wildman–Crippen LogP) is 2.94. The summed E-state index contributed by atoms with van der Waals surface area (Å²) in [4.78, 5) is 4.23. The maximum Gasteiger partial charge on any atom is 0.222 e. The Morgan fingerprint density at radius 3 is 2.39 bits per heavy atom. The highest BCUT2D eigenvalue weighted by molar-refractivity contribution is 6.30. The van der Waals surface area contributed by atoms with Gasteiger partial charge in [0.15, 0.2) is 0 Å². The fourth-order valence-electron chi connectivity index (χ4n) is 2.10. The fourth-order valence-corrected chi connectivity index (χ4v) is 2.36. The largest absolute Gasteiger partial charge is 0.324 e. The fraction of sp³-hybridized carbons (Fsp3) is 0.462. The maximum absolute atomic E-state index is 9.65. The van der Waals surface area contributed by atoms with E-state index in [-0.39, 0.29) is 0 Å². The molecule has 0 spiro atoms. The third-order valence-corrected chi connectivity index (χ3v) is 3.30. The Morgan fingerprint density at radius 1 is 1.33 bits per heavy atom. The summed E-state index contributed by atoms with van der Waals surface area (Å²) in [5.41, 5.74) is 3.30. The first-order chi connectivity index (χ1) is 8.65. The van der Waals surface area contributed by atoms with Crippen LogP contribution in [0.1, 0.15) is 25.0 Å². The SMILES string of the molecule is CCc1cc(Cl)cc(CC)c1NC1=NCCN1O. The van der Waals surface area contributed by atoms with E-state index < -0.39 is 0 Å². The molecule has 0 aromatic heterocycles. The molecule has 0 bridgehead atoms. The lowest BCUT2D eigenvalue weighted by Crippen LogP contribution is -2.30. The van der Waals surface area contributed by atoms with Gasteiger partial charge in [-0.25, -0.2) is 10.1 Å². The number of guanidine groups is 1. The molecule has 0 atom stereocenters. The molecular weight excluding hydrogens is 250 g/mol. The second-order valence-electron chi connectivity index (χ2n) is 4.26. The van der Waals surface area contributed by atoms with Gasteiger partial charge in [-0.1, -0.05) is 25.4 Å². The van der Waals surface area contributed by atoms with Gasteiger partial charge >= 0.3 is 0 Å². The molecule has 0 aliphatic carbocycles. The highest BCUT2D eigenvalue weighted by Crippen LogP contribution is 2.27. The van der Waals surface area contributed by atoms with Crippen LogP contribution in [0.15, 0.2) is 17.1 Å². The Kier molecular flexibility index (Phi) is 4.09. The molecule has 4 nitrogen and oxygen atoms in total. The number of anilines is 1. The van der Waals surface area contributed by atoms with Crippen molar-refractivity contribution < 1.29 is 5.21 Å². The minimum Gasteiger partial charge on any atom is -0.324 e. The van der Waals surface area contributed by atoms with Crippen LogP contribution in [0.3, 0.4) is 0 Å². The minimum absolute atomic E-state index is 0.515. The molecule has 98 valence electrons. The first kappa shape index (κ1) is 13.2. The van der Waals surface area contributed by atoms with E-state index in [1.807, 2.05) is 12.1 Å². The molecule has 1 aromatic rings. The number of benzene rings is 1. The number of rotatable bonds is 3. The topological polar surface area (TPSA) is 47.9 Å². The van der Waals surface area contributed by atoms with Crippen LogP contribution < -0.4 is 5.32 Å². The van der Waals surface area contributed by atoms with Gasteiger partial charge in [0.25, 0.3) is 0 Å². The molecule has 18 heavy (non-hydrogen) atoms. The van der Waals surface area contributed by atoms with Crippen molar-refractivity contribution in [2.75, 3.05) is 18.4 Å². The average Bonchev–Trinajstić information content (AvgIpc) is 2.76. The van der Waals surface area contributed by atoms with Gasteiger partial charge < -0.3 is 5.32 Å². The van der Waals surface area contributed by atoms with Gasteiger partial charge in [-0.2, -0.15) is 0 Å². The zero-order valence-corrected chi connectivity index (χ0v) is 11.5. The smallest absolute Gasteiger partial charge is 0.222 e. The monoisotopic (exact) mass is 267 g/mol. The summed E-state index contributed by atoms with van der Waals surface area (Å²) in [5.74, 6) is 0.515. The molecule has 0 fully saturated rings. The molecule has 2 N–H and O–H groups in total. The van der Waals surface area contributed by atoms with Gasteiger partial charge in [-0.05, 0) is 36.1 Å². The summed E-state index contributed by atoms with van der Waals surface area (Å²) in [6.45, 7) is 5.33. The van der Waals surface area contributed by atoms with Crippen LogP contribution in [0.25, 0.3) is 0 Å².